The number of halogens is 2. The topological polar surface area (TPSA) is 58.6 Å². The third-order valence-electron chi connectivity index (χ3n) is 1.52. The Hall–Kier alpha value is -0.930. The summed E-state index contributed by atoms with van der Waals surface area (Å²) in [7, 11) is 0. The van der Waals surface area contributed by atoms with Gasteiger partial charge in [-0.15, -0.1) is 0 Å². The van der Waals surface area contributed by atoms with Crippen molar-refractivity contribution in [3.05, 3.63) is 33.8 Å². The van der Waals surface area contributed by atoms with Crippen LogP contribution in [0.15, 0.2) is 23.4 Å². The predicted molar refractivity (Wildman–Crippen MR) is 53.6 cm³/mol. The van der Waals surface area contributed by atoms with Crippen LogP contribution in [0.1, 0.15) is 5.56 Å². The molecule has 0 spiro atoms. The van der Waals surface area contributed by atoms with E-state index in [0.29, 0.717) is 16.5 Å². The first-order valence-corrected chi connectivity index (χ1v) is 4.29. The highest BCUT2D eigenvalue weighted by Gasteiger charge is 2.03. The molecule has 1 rings (SSSR count). The maximum absolute atomic E-state index is 8.34. The van der Waals surface area contributed by atoms with Crippen molar-refractivity contribution in [2.75, 3.05) is 0 Å². The molecule has 0 unspecified atom stereocenters. The van der Waals surface area contributed by atoms with Crippen LogP contribution in [0.4, 0.5) is 0 Å². The minimum atomic E-state index is 0.115. The van der Waals surface area contributed by atoms with Gasteiger partial charge >= 0.3 is 0 Å². The molecular formula is C8H8Cl2N2O. The second kappa shape index (κ2) is 4.35. The van der Waals surface area contributed by atoms with Gasteiger partial charge in [-0.25, -0.2) is 0 Å². The molecule has 3 nitrogen and oxygen atoms in total. The molecule has 0 bridgehead atoms. The van der Waals surface area contributed by atoms with Gasteiger partial charge in [-0.1, -0.05) is 34.4 Å². The molecule has 0 fully saturated rings. The Morgan fingerprint density at radius 1 is 1.46 bits per heavy atom. The fourth-order valence-electron chi connectivity index (χ4n) is 0.896. The third kappa shape index (κ3) is 2.79. The van der Waals surface area contributed by atoms with Crippen LogP contribution in [0.25, 0.3) is 0 Å². The van der Waals surface area contributed by atoms with E-state index in [1.807, 2.05) is 0 Å². The van der Waals surface area contributed by atoms with Crippen LogP contribution in [0.3, 0.4) is 0 Å². The number of rotatable bonds is 2. The van der Waals surface area contributed by atoms with Crippen molar-refractivity contribution in [2.45, 2.75) is 6.42 Å². The van der Waals surface area contributed by atoms with Gasteiger partial charge in [-0.3, -0.25) is 0 Å². The van der Waals surface area contributed by atoms with Gasteiger partial charge in [-0.05, 0) is 17.7 Å². The highest BCUT2D eigenvalue weighted by Crippen LogP contribution is 2.21. The van der Waals surface area contributed by atoms with Crippen LogP contribution in [0.5, 0.6) is 0 Å². The number of benzene rings is 1. The Balaban J connectivity index is 2.90. The summed E-state index contributed by atoms with van der Waals surface area (Å²) in [6, 6.07) is 5.05. The van der Waals surface area contributed by atoms with Crippen molar-refractivity contribution in [1.82, 2.24) is 0 Å². The average molecular weight is 219 g/mol. The normalized spacial score (nSPS) is 11.7. The molecule has 0 saturated heterocycles. The van der Waals surface area contributed by atoms with Crippen LogP contribution in [-0.4, -0.2) is 11.0 Å². The van der Waals surface area contributed by atoms with Gasteiger partial charge in [0.2, 0.25) is 0 Å². The average Bonchev–Trinajstić information content (AvgIpc) is 2.09. The minimum Gasteiger partial charge on any atom is -0.409 e. The number of hydrogen-bond donors (Lipinski definition) is 2. The lowest BCUT2D eigenvalue weighted by Gasteiger charge is -2.02. The molecule has 0 aromatic heterocycles. The smallest absolute Gasteiger partial charge is 0.143 e. The van der Waals surface area contributed by atoms with Gasteiger partial charge in [-0.2, -0.15) is 0 Å². The summed E-state index contributed by atoms with van der Waals surface area (Å²) < 4.78 is 0. The monoisotopic (exact) mass is 218 g/mol. The van der Waals surface area contributed by atoms with E-state index in [1.165, 1.54) is 0 Å². The van der Waals surface area contributed by atoms with Crippen LogP contribution in [-0.2, 0) is 6.42 Å². The summed E-state index contributed by atoms with van der Waals surface area (Å²) in [5.74, 6) is 0.115. The van der Waals surface area contributed by atoms with Crippen LogP contribution >= 0.6 is 23.2 Å². The van der Waals surface area contributed by atoms with Crippen molar-refractivity contribution >= 4 is 29.0 Å². The largest absolute Gasteiger partial charge is 0.409 e. The Morgan fingerprint density at radius 2 is 2.15 bits per heavy atom. The van der Waals surface area contributed by atoms with Crippen LogP contribution in [0.2, 0.25) is 10.0 Å². The van der Waals surface area contributed by atoms with Crippen molar-refractivity contribution in [3.63, 3.8) is 0 Å². The summed E-state index contributed by atoms with van der Waals surface area (Å²) in [4.78, 5) is 0. The number of oxime groups is 1. The number of nitrogens with two attached hydrogens (primary N) is 1. The van der Waals surface area contributed by atoms with E-state index in [4.69, 9.17) is 34.1 Å². The second-order valence-corrected chi connectivity index (χ2v) is 3.35. The summed E-state index contributed by atoms with van der Waals surface area (Å²) in [5.41, 5.74) is 6.10. The molecular weight excluding hydrogens is 211 g/mol. The molecule has 70 valence electrons. The van der Waals surface area contributed by atoms with E-state index < -0.39 is 0 Å². The number of hydrogen-bond acceptors (Lipinski definition) is 2. The van der Waals surface area contributed by atoms with E-state index in [2.05, 4.69) is 5.16 Å². The number of nitrogens with zero attached hydrogens (tertiary/aromatic N) is 1. The lowest BCUT2D eigenvalue weighted by molar-refractivity contribution is 0.317. The Labute approximate surface area is 85.8 Å². The first kappa shape index (κ1) is 10.2. The Morgan fingerprint density at radius 3 is 2.69 bits per heavy atom. The van der Waals surface area contributed by atoms with Gasteiger partial charge in [0, 0.05) is 16.5 Å². The van der Waals surface area contributed by atoms with E-state index in [9.17, 15) is 0 Å². The van der Waals surface area contributed by atoms with Crippen molar-refractivity contribution in [1.29, 1.82) is 0 Å². The molecule has 0 amide bonds. The molecule has 0 aliphatic carbocycles. The van der Waals surface area contributed by atoms with E-state index in [0.717, 1.165) is 5.56 Å². The molecule has 0 aliphatic rings. The Bertz CT molecular complexity index is 339. The van der Waals surface area contributed by atoms with E-state index in [1.54, 1.807) is 18.2 Å². The molecule has 0 radical (unpaired) electrons. The predicted octanol–water partition coefficient (Wildman–Crippen LogP) is 2.28. The maximum Gasteiger partial charge on any atom is 0.143 e. The van der Waals surface area contributed by atoms with Gasteiger partial charge in [0.25, 0.3) is 0 Å². The van der Waals surface area contributed by atoms with Crippen LogP contribution < -0.4 is 5.73 Å². The third-order valence-corrected chi connectivity index (χ3v) is 2.10. The fourth-order valence-corrected chi connectivity index (χ4v) is 1.37. The number of amidine groups is 1. The zero-order valence-corrected chi connectivity index (χ0v) is 8.18. The maximum atomic E-state index is 8.34. The SMILES string of the molecule is NC(Cc1ccc(Cl)cc1Cl)=NO. The zero-order chi connectivity index (χ0) is 9.84. The lowest BCUT2D eigenvalue weighted by Crippen LogP contribution is -2.14. The Kier molecular flexibility index (Phi) is 3.39. The van der Waals surface area contributed by atoms with Gasteiger partial charge < -0.3 is 10.9 Å². The molecule has 3 N–H and O–H groups in total. The van der Waals surface area contributed by atoms with E-state index in [-0.39, 0.29) is 5.84 Å². The molecule has 5 heteroatoms. The molecule has 0 heterocycles. The van der Waals surface area contributed by atoms with Crippen LogP contribution in [0, 0.1) is 0 Å². The first-order chi connectivity index (χ1) is 6.13. The summed E-state index contributed by atoms with van der Waals surface area (Å²) in [6.45, 7) is 0. The van der Waals surface area contributed by atoms with Crippen molar-refractivity contribution in [2.24, 2.45) is 10.9 Å². The minimum absolute atomic E-state index is 0.115. The van der Waals surface area contributed by atoms with E-state index >= 15 is 0 Å². The van der Waals surface area contributed by atoms with Gasteiger partial charge in [0.05, 0.1) is 0 Å². The molecule has 1 aromatic carbocycles. The highest BCUT2D eigenvalue weighted by atomic mass is 35.5. The molecule has 0 aliphatic heterocycles. The quantitative estimate of drug-likeness (QED) is 0.347. The molecule has 1 aromatic rings. The van der Waals surface area contributed by atoms with Gasteiger partial charge in [0.15, 0.2) is 0 Å². The van der Waals surface area contributed by atoms with Crippen molar-refractivity contribution < 1.29 is 5.21 Å². The molecule has 13 heavy (non-hydrogen) atoms. The second-order valence-electron chi connectivity index (χ2n) is 2.50. The zero-order valence-electron chi connectivity index (χ0n) is 6.67. The fraction of sp³-hybridized carbons (Fsp3) is 0.125. The summed E-state index contributed by atoms with van der Waals surface area (Å²) >= 11 is 11.5. The first-order valence-electron chi connectivity index (χ1n) is 3.54. The lowest BCUT2D eigenvalue weighted by atomic mass is 10.1. The summed E-state index contributed by atoms with van der Waals surface area (Å²) in [5, 5.41) is 12.3. The highest BCUT2D eigenvalue weighted by molar-refractivity contribution is 6.35. The molecule has 0 atom stereocenters. The summed E-state index contributed by atoms with van der Waals surface area (Å²) in [6.07, 6.45) is 0.312. The van der Waals surface area contributed by atoms with Gasteiger partial charge in [0.1, 0.15) is 5.84 Å². The van der Waals surface area contributed by atoms with Crippen molar-refractivity contribution in [3.8, 4) is 0 Å². The standard InChI is InChI=1S/C8H8Cl2N2O/c9-6-2-1-5(7(10)4-6)3-8(11)12-13/h1-2,4,13H,3H2,(H2,11,12). The molecule has 0 saturated carbocycles.